The van der Waals surface area contributed by atoms with Crippen LogP contribution in [0.15, 0.2) is 34.1 Å². The van der Waals surface area contributed by atoms with Gasteiger partial charge in [0.05, 0.1) is 24.8 Å². The minimum atomic E-state index is -5.01. The Morgan fingerprint density at radius 3 is 2.30 bits per heavy atom. The molecule has 27 heavy (non-hydrogen) atoms. The van der Waals surface area contributed by atoms with E-state index in [1.807, 2.05) is 0 Å². The van der Waals surface area contributed by atoms with Crippen LogP contribution in [0.25, 0.3) is 0 Å². The number of nitrogens with one attached hydrogen (secondary N) is 1. The van der Waals surface area contributed by atoms with Crippen LogP contribution >= 0.6 is 0 Å². The third-order valence-corrected chi connectivity index (χ3v) is 8.07. The fourth-order valence-electron chi connectivity index (χ4n) is 3.25. The Morgan fingerprint density at radius 2 is 1.81 bits per heavy atom. The molecule has 3 N–H and O–H groups in total. The van der Waals surface area contributed by atoms with Gasteiger partial charge in [-0.05, 0) is 31.4 Å². The summed E-state index contributed by atoms with van der Waals surface area (Å²) in [5.74, 6) is -1.96. The number of alkyl halides is 3. The SMILES string of the molecule is CCC1CC(S(=N)(=O)c2ccccc2S(N)(=O)=O)CCN1C(=O)C(F)(F)F. The van der Waals surface area contributed by atoms with Crippen molar-refractivity contribution in [2.24, 2.45) is 5.14 Å². The van der Waals surface area contributed by atoms with Crippen LogP contribution in [0.4, 0.5) is 13.2 Å². The number of hydrogen-bond donors (Lipinski definition) is 2. The number of rotatable bonds is 4. The third kappa shape index (κ3) is 4.43. The van der Waals surface area contributed by atoms with Crippen LogP contribution in [0.3, 0.4) is 0 Å². The van der Waals surface area contributed by atoms with E-state index in [0.717, 1.165) is 6.07 Å². The molecule has 1 fully saturated rings. The molecule has 152 valence electrons. The number of likely N-dealkylation sites (tertiary alicyclic amines) is 1. The second-order valence-corrected chi connectivity index (χ2v) is 10.1. The molecule has 0 saturated carbocycles. The topological polar surface area (TPSA) is 121 Å². The van der Waals surface area contributed by atoms with Gasteiger partial charge in [0.2, 0.25) is 10.0 Å². The van der Waals surface area contributed by atoms with Gasteiger partial charge >= 0.3 is 12.1 Å². The van der Waals surface area contributed by atoms with Gasteiger partial charge < -0.3 is 4.90 Å². The number of nitrogens with zero attached hydrogens (tertiary/aromatic N) is 1. The lowest BCUT2D eigenvalue weighted by atomic mass is 9.99. The van der Waals surface area contributed by atoms with E-state index in [0.29, 0.717) is 4.90 Å². The number of amides is 1. The maximum Gasteiger partial charge on any atom is 0.471 e. The lowest BCUT2D eigenvalue weighted by Gasteiger charge is -2.40. The Bertz CT molecular complexity index is 930. The largest absolute Gasteiger partial charge is 0.471 e. The first-order valence-corrected chi connectivity index (χ1v) is 11.2. The van der Waals surface area contributed by atoms with Crippen molar-refractivity contribution < 1.29 is 30.6 Å². The molecule has 0 aromatic heterocycles. The predicted octanol–water partition coefficient (Wildman–Crippen LogP) is 2.07. The van der Waals surface area contributed by atoms with Gasteiger partial charge in [-0.25, -0.2) is 22.5 Å². The molecule has 1 amide bonds. The van der Waals surface area contributed by atoms with E-state index < -0.39 is 48.0 Å². The molecule has 7 nitrogen and oxygen atoms in total. The second kappa shape index (κ2) is 7.40. The number of hydrogen-bond acceptors (Lipinski definition) is 5. The van der Waals surface area contributed by atoms with Crippen LogP contribution in [0, 0.1) is 4.78 Å². The summed E-state index contributed by atoms with van der Waals surface area (Å²) in [7, 11) is -7.91. The molecule has 0 aliphatic carbocycles. The Morgan fingerprint density at radius 1 is 1.26 bits per heavy atom. The van der Waals surface area contributed by atoms with Crippen LogP contribution in [0.1, 0.15) is 26.2 Å². The second-order valence-electron chi connectivity index (χ2n) is 6.30. The molecule has 0 radical (unpaired) electrons. The zero-order chi connectivity index (χ0) is 20.6. The van der Waals surface area contributed by atoms with Crippen molar-refractivity contribution in [1.29, 1.82) is 4.78 Å². The number of sulfonamides is 1. The van der Waals surface area contributed by atoms with Gasteiger partial charge in [-0.3, -0.25) is 4.79 Å². The molecular formula is C15H20F3N3O4S2. The molecule has 2 rings (SSSR count). The van der Waals surface area contributed by atoms with Gasteiger partial charge in [0.1, 0.15) is 0 Å². The van der Waals surface area contributed by atoms with Crippen molar-refractivity contribution in [2.45, 2.75) is 53.4 Å². The quantitative estimate of drug-likeness (QED) is 0.764. The highest BCUT2D eigenvalue weighted by atomic mass is 32.2. The molecule has 3 unspecified atom stereocenters. The van der Waals surface area contributed by atoms with Gasteiger partial charge in [-0.2, -0.15) is 13.2 Å². The zero-order valence-corrected chi connectivity index (χ0v) is 16.0. The van der Waals surface area contributed by atoms with E-state index in [1.165, 1.54) is 18.2 Å². The molecule has 1 aromatic carbocycles. The van der Waals surface area contributed by atoms with Gasteiger partial charge in [0.15, 0.2) is 0 Å². The first-order valence-electron chi connectivity index (χ1n) is 8.07. The monoisotopic (exact) mass is 427 g/mol. The van der Waals surface area contributed by atoms with Crippen molar-refractivity contribution in [1.82, 2.24) is 4.90 Å². The van der Waals surface area contributed by atoms with Gasteiger partial charge in [-0.15, -0.1) is 0 Å². The highest BCUT2D eigenvalue weighted by molar-refractivity contribution is 7.94. The molecule has 1 aliphatic heterocycles. The van der Waals surface area contributed by atoms with E-state index in [1.54, 1.807) is 6.92 Å². The van der Waals surface area contributed by atoms with E-state index in [4.69, 9.17) is 9.92 Å². The summed E-state index contributed by atoms with van der Waals surface area (Å²) in [5, 5.41) is 4.23. The van der Waals surface area contributed by atoms with Crippen molar-refractivity contribution in [3.05, 3.63) is 24.3 Å². The van der Waals surface area contributed by atoms with Crippen LogP contribution in [0.2, 0.25) is 0 Å². The number of piperidine rings is 1. The number of primary sulfonamides is 1. The lowest BCUT2D eigenvalue weighted by Crippen LogP contribution is -2.52. The number of carbonyl (C=O) groups excluding carboxylic acids is 1. The van der Waals surface area contributed by atoms with E-state index >= 15 is 0 Å². The summed E-state index contributed by atoms with van der Waals surface area (Å²) >= 11 is 0. The number of benzene rings is 1. The van der Waals surface area contributed by atoms with Gasteiger partial charge in [-0.1, -0.05) is 19.1 Å². The summed E-state index contributed by atoms with van der Waals surface area (Å²) in [4.78, 5) is 11.6. The average Bonchev–Trinajstić information content (AvgIpc) is 2.59. The summed E-state index contributed by atoms with van der Waals surface area (Å²) in [6, 6.07) is 4.31. The smallest absolute Gasteiger partial charge is 0.332 e. The molecule has 3 atom stereocenters. The molecule has 0 spiro atoms. The first-order chi connectivity index (χ1) is 12.3. The molecular weight excluding hydrogens is 407 g/mol. The van der Waals surface area contributed by atoms with Crippen molar-refractivity contribution in [3.8, 4) is 0 Å². The van der Waals surface area contributed by atoms with E-state index in [-0.39, 0.29) is 30.7 Å². The Hall–Kier alpha value is -1.66. The molecule has 12 heteroatoms. The summed E-state index contributed by atoms with van der Waals surface area (Å²) < 4.78 is 83.3. The van der Waals surface area contributed by atoms with Gasteiger partial charge in [0.25, 0.3) is 0 Å². The fourth-order valence-corrected chi connectivity index (χ4v) is 6.52. The number of carbonyl (C=O) groups is 1. The summed E-state index contributed by atoms with van der Waals surface area (Å²) in [6.07, 6.45) is -5.03. The third-order valence-electron chi connectivity index (χ3n) is 4.59. The molecule has 1 heterocycles. The van der Waals surface area contributed by atoms with Gasteiger partial charge in [0, 0.05) is 12.6 Å². The number of nitrogens with two attached hydrogens (primary N) is 1. The molecule has 1 saturated heterocycles. The van der Waals surface area contributed by atoms with Crippen molar-refractivity contribution >= 4 is 25.7 Å². The first kappa shape index (κ1) is 21.6. The fraction of sp³-hybridized carbons (Fsp3) is 0.533. The maximum atomic E-state index is 13.2. The predicted molar refractivity (Wildman–Crippen MR) is 91.8 cm³/mol. The Labute approximate surface area is 155 Å². The maximum absolute atomic E-state index is 13.2. The van der Waals surface area contributed by atoms with Crippen molar-refractivity contribution in [3.63, 3.8) is 0 Å². The highest BCUT2D eigenvalue weighted by Crippen LogP contribution is 2.34. The average molecular weight is 427 g/mol. The van der Waals surface area contributed by atoms with E-state index in [2.05, 4.69) is 0 Å². The minimum Gasteiger partial charge on any atom is -0.332 e. The van der Waals surface area contributed by atoms with Crippen molar-refractivity contribution in [2.75, 3.05) is 6.54 Å². The molecule has 1 aromatic rings. The molecule has 1 aliphatic rings. The normalized spacial score (nSPS) is 23.7. The zero-order valence-electron chi connectivity index (χ0n) is 14.4. The number of halogens is 3. The van der Waals surface area contributed by atoms with Crippen LogP contribution < -0.4 is 5.14 Å². The van der Waals surface area contributed by atoms with Crippen LogP contribution in [-0.4, -0.2) is 47.4 Å². The lowest BCUT2D eigenvalue weighted by molar-refractivity contribution is -0.189. The summed E-state index contributed by atoms with van der Waals surface area (Å²) in [6.45, 7) is 1.28. The Kier molecular flexibility index (Phi) is 5.93. The molecule has 0 bridgehead atoms. The van der Waals surface area contributed by atoms with Crippen LogP contribution in [0.5, 0.6) is 0 Å². The Balaban J connectivity index is 2.37. The summed E-state index contributed by atoms with van der Waals surface area (Å²) in [5.41, 5.74) is 0. The van der Waals surface area contributed by atoms with E-state index in [9.17, 15) is 30.6 Å². The standard InChI is InChI=1S/C15H20F3N3O4S2/c1-2-10-9-11(7-8-21(10)14(22)15(16,17)18)26(19,23)12-5-3-4-6-13(12)27(20,24)25/h3-6,10-11,19H,2,7-9H2,1H3,(H2,20,24,25). The highest BCUT2D eigenvalue weighted by Gasteiger charge is 2.47. The minimum absolute atomic E-state index is 0.0976. The van der Waals surface area contributed by atoms with Crippen LogP contribution in [-0.2, 0) is 24.5 Å².